The Morgan fingerprint density at radius 3 is 2.70 bits per heavy atom. The summed E-state index contributed by atoms with van der Waals surface area (Å²) in [6.07, 6.45) is 0.371. The van der Waals surface area contributed by atoms with Crippen LogP contribution in [0, 0.1) is 17.2 Å². The normalized spacial score (nSPS) is 11.8. The first kappa shape index (κ1) is 14.1. The van der Waals surface area contributed by atoms with Gasteiger partial charge in [-0.3, -0.25) is 4.79 Å². The third-order valence-corrected chi connectivity index (χ3v) is 3.42. The number of nitrogens with zero attached hydrogens (tertiary/aromatic N) is 2. The van der Waals surface area contributed by atoms with Crippen molar-refractivity contribution in [3.05, 3.63) is 48.0 Å². The Labute approximate surface area is 119 Å². The highest BCUT2D eigenvalue weighted by Gasteiger charge is 2.13. The Kier molecular flexibility index (Phi) is 4.37. The predicted molar refractivity (Wildman–Crippen MR) is 80.1 cm³/mol. The van der Waals surface area contributed by atoms with Crippen molar-refractivity contribution in [1.29, 1.82) is 5.26 Å². The molecule has 0 fully saturated rings. The van der Waals surface area contributed by atoms with E-state index in [1.54, 1.807) is 11.9 Å². The SMILES string of the molecule is CC(C#N)CN(C)C(=O)Cc1cccc2ccccc12. The predicted octanol–water partition coefficient (Wildman–Crippen LogP) is 3.00. The van der Waals surface area contributed by atoms with Gasteiger partial charge in [-0.2, -0.15) is 5.26 Å². The molecule has 0 bridgehead atoms. The monoisotopic (exact) mass is 266 g/mol. The van der Waals surface area contributed by atoms with Gasteiger partial charge in [0.1, 0.15) is 0 Å². The largest absolute Gasteiger partial charge is 0.344 e. The molecule has 3 heteroatoms. The van der Waals surface area contributed by atoms with Gasteiger partial charge in [0.15, 0.2) is 0 Å². The Bertz CT molecular complexity index is 652. The van der Waals surface area contributed by atoms with Gasteiger partial charge in [-0.1, -0.05) is 42.5 Å². The molecular weight excluding hydrogens is 248 g/mol. The molecule has 1 atom stereocenters. The van der Waals surface area contributed by atoms with Gasteiger partial charge >= 0.3 is 0 Å². The van der Waals surface area contributed by atoms with Crippen LogP contribution in [-0.4, -0.2) is 24.4 Å². The number of carbonyl (C=O) groups excluding carboxylic acids is 1. The quantitative estimate of drug-likeness (QED) is 0.854. The maximum Gasteiger partial charge on any atom is 0.226 e. The van der Waals surface area contributed by atoms with Crippen molar-refractivity contribution in [2.24, 2.45) is 5.92 Å². The van der Waals surface area contributed by atoms with Gasteiger partial charge in [0.2, 0.25) is 5.91 Å². The van der Waals surface area contributed by atoms with E-state index in [1.165, 1.54) is 0 Å². The van der Waals surface area contributed by atoms with E-state index in [2.05, 4.69) is 6.07 Å². The molecule has 0 aromatic heterocycles. The molecule has 0 spiro atoms. The van der Waals surface area contributed by atoms with E-state index in [1.807, 2.05) is 49.4 Å². The molecule has 102 valence electrons. The third kappa shape index (κ3) is 3.16. The molecule has 2 aromatic rings. The first-order valence-corrected chi connectivity index (χ1v) is 6.72. The molecule has 1 unspecified atom stereocenters. The second kappa shape index (κ2) is 6.21. The summed E-state index contributed by atoms with van der Waals surface area (Å²) in [7, 11) is 1.75. The maximum atomic E-state index is 12.2. The number of hydrogen-bond donors (Lipinski definition) is 0. The zero-order chi connectivity index (χ0) is 14.5. The molecule has 0 heterocycles. The smallest absolute Gasteiger partial charge is 0.226 e. The lowest BCUT2D eigenvalue weighted by Gasteiger charge is -2.18. The van der Waals surface area contributed by atoms with Crippen LogP contribution in [0.4, 0.5) is 0 Å². The van der Waals surface area contributed by atoms with Crippen LogP contribution in [0.25, 0.3) is 10.8 Å². The average Bonchev–Trinajstić information content (AvgIpc) is 2.47. The number of carbonyl (C=O) groups is 1. The molecule has 0 N–H and O–H groups in total. The molecule has 2 rings (SSSR count). The third-order valence-electron chi connectivity index (χ3n) is 3.42. The Morgan fingerprint density at radius 2 is 1.95 bits per heavy atom. The van der Waals surface area contributed by atoms with Crippen LogP contribution in [0.3, 0.4) is 0 Å². The zero-order valence-electron chi connectivity index (χ0n) is 11.8. The molecule has 1 amide bonds. The Hall–Kier alpha value is -2.34. The van der Waals surface area contributed by atoms with Crippen LogP contribution in [0.2, 0.25) is 0 Å². The first-order valence-electron chi connectivity index (χ1n) is 6.72. The van der Waals surface area contributed by atoms with Crippen LogP contribution in [0.1, 0.15) is 12.5 Å². The van der Waals surface area contributed by atoms with Crippen molar-refractivity contribution in [3.8, 4) is 6.07 Å². The maximum absolute atomic E-state index is 12.2. The first-order chi connectivity index (χ1) is 9.61. The highest BCUT2D eigenvalue weighted by atomic mass is 16.2. The fraction of sp³-hybridized carbons (Fsp3) is 0.294. The van der Waals surface area contributed by atoms with E-state index < -0.39 is 0 Å². The van der Waals surface area contributed by atoms with Crippen molar-refractivity contribution in [2.75, 3.05) is 13.6 Å². The molecule has 0 aliphatic carbocycles. The average molecular weight is 266 g/mol. The molecular formula is C17H18N2O. The molecule has 0 radical (unpaired) electrons. The van der Waals surface area contributed by atoms with Crippen molar-refractivity contribution < 1.29 is 4.79 Å². The van der Waals surface area contributed by atoms with Gasteiger partial charge in [0.05, 0.1) is 18.4 Å². The lowest BCUT2D eigenvalue weighted by Crippen LogP contribution is -2.31. The van der Waals surface area contributed by atoms with E-state index in [0.29, 0.717) is 13.0 Å². The van der Waals surface area contributed by atoms with Crippen molar-refractivity contribution in [1.82, 2.24) is 4.90 Å². The summed E-state index contributed by atoms with van der Waals surface area (Å²) >= 11 is 0. The summed E-state index contributed by atoms with van der Waals surface area (Å²) in [6.45, 7) is 2.29. The standard InChI is InChI=1S/C17H18N2O/c1-13(11-18)12-19(2)17(20)10-15-8-5-7-14-6-3-4-9-16(14)15/h3-9,13H,10,12H2,1-2H3. The summed E-state index contributed by atoms with van der Waals surface area (Å²) in [4.78, 5) is 13.9. The molecule has 0 aliphatic heterocycles. The van der Waals surface area contributed by atoms with Crippen molar-refractivity contribution in [3.63, 3.8) is 0 Å². The van der Waals surface area contributed by atoms with E-state index >= 15 is 0 Å². The van der Waals surface area contributed by atoms with Crippen molar-refractivity contribution in [2.45, 2.75) is 13.3 Å². The second-order valence-electron chi connectivity index (χ2n) is 5.12. The molecule has 2 aromatic carbocycles. The Balaban J connectivity index is 2.16. The van der Waals surface area contributed by atoms with E-state index in [0.717, 1.165) is 16.3 Å². The van der Waals surface area contributed by atoms with E-state index in [-0.39, 0.29) is 11.8 Å². The fourth-order valence-electron chi connectivity index (χ4n) is 2.30. The highest BCUT2D eigenvalue weighted by molar-refractivity contribution is 5.90. The number of fused-ring (bicyclic) bond motifs is 1. The number of nitriles is 1. The van der Waals surface area contributed by atoms with Crippen LogP contribution in [0.5, 0.6) is 0 Å². The molecule has 20 heavy (non-hydrogen) atoms. The summed E-state index contributed by atoms with van der Waals surface area (Å²) in [5.74, 6) is -0.0973. The van der Waals surface area contributed by atoms with Crippen molar-refractivity contribution >= 4 is 16.7 Å². The minimum atomic E-state index is -0.142. The topological polar surface area (TPSA) is 44.1 Å². The summed E-state index contributed by atoms with van der Waals surface area (Å²) < 4.78 is 0. The number of hydrogen-bond acceptors (Lipinski definition) is 2. The van der Waals surface area contributed by atoms with E-state index in [4.69, 9.17) is 5.26 Å². The lowest BCUT2D eigenvalue weighted by atomic mass is 10.0. The number of amides is 1. The molecule has 0 saturated heterocycles. The van der Waals surface area contributed by atoms with Gasteiger partial charge in [0.25, 0.3) is 0 Å². The zero-order valence-corrected chi connectivity index (χ0v) is 11.8. The van der Waals surface area contributed by atoms with Gasteiger partial charge in [-0.15, -0.1) is 0 Å². The molecule has 3 nitrogen and oxygen atoms in total. The number of benzene rings is 2. The molecule has 0 aliphatic rings. The minimum absolute atomic E-state index is 0.0449. The van der Waals surface area contributed by atoms with Crippen LogP contribution in [-0.2, 0) is 11.2 Å². The van der Waals surface area contributed by atoms with E-state index in [9.17, 15) is 4.79 Å². The summed E-state index contributed by atoms with van der Waals surface area (Å²) in [5, 5.41) is 11.1. The van der Waals surface area contributed by atoms with Gasteiger partial charge < -0.3 is 4.90 Å². The van der Waals surface area contributed by atoms with Crippen LogP contribution < -0.4 is 0 Å². The highest BCUT2D eigenvalue weighted by Crippen LogP contribution is 2.19. The van der Waals surface area contributed by atoms with Gasteiger partial charge in [-0.05, 0) is 23.3 Å². The molecule has 0 saturated carbocycles. The van der Waals surface area contributed by atoms with Crippen LogP contribution >= 0.6 is 0 Å². The summed E-state index contributed by atoms with van der Waals surface area (Å²) in [6, 6.07) is 16.2. The fourth-order valence-corrected chi connectivity index (χ4v) is 2.30. The lowest BCUT2D eigenvalue weighted by molar-refractivity contribution is -0.129. The van der Waals surface area contributed by atoms with Gasteiger partial charge in [0, 0.05) is 13.6 Å². The number of rotatable bonds is 4. The summed E-state index contributed by atoms with van der Waals surface area (Å²) in [5.41, 5.74) is 1.03. The Morgan fingerprint density at radius 1 is 1.25 bits per heavy atom. The second-order valence-corrected chi connectivity index (χ2v) is 5.12. The van der Waals surface area contributed by atoms with Crippen LogP contribution in [0.15, 0.2) is 42.5 Å². The van der Waals surface area contributed by atoms with Gasteiger partial charge in [-0.25, -0.2) is 0 Å². The number of likely N-dealkylation sites (N-methyl/N-ethyl adjacent to an activating group) is 1. The minimum Gasteiger partial charge on any atom is -0.344 e.